The number of carbonyl (C=O) groups is 1. The van der Waals surface area contributed by atoms with E-state index in [0.29, 0.717) is 19.7 Å². The van der Waals surface area contributed by atoms with Crippen molar-refractivity contribution in [1.82, 2.24) is 19.7 Å². The number of amides is 1. The van der Waals surface area contributed by atoms with Gasteiger partial charge in [0.25, 0.3) is 0 Å². The zero-order valence-electron chi connectivity index (χ0n) is 16.7. The average Bonchev–Trinajstić information content (AvgIpc) is 2.76. The van der Waals surface area contributed by atoms with Crippen molar-refractivity contribution in [3.8, 4) is 0 Å². The van der Waals surface area contributed by atoms with Crippen molar-refractivity contribution in [3.63, 3.8) is 0 Å². The Hall–Kier alpha value is -1.54. The summed E-state index contributed by atoms with van der Waals surface area (Å²) < 4.78 is 11.7. The van der Waals surface area contributed by atoms with Crippen molar-refractivity contribution in [2.24, 2.45) is 0 Å². The molecule has 7 nitrogen and oxygen atoms in total. The number of rotatable bonds is 5. The summed E-state index contributed by atoms with van der Waals surface area (Å²) >= 11 is 0. The molecule has 1 amide bonds. The lowest BCUT2D eigenvalue weighted by Gasteiger charge is -2.44. The van der Waals surface area contributed by atoms with Crippen LogP contribution in [-0.4, -0.2) is 97.3 Å². The summed E-state index contributed by atoms with van der Waals surface area (Å²) in [6, 6.07) is 3.94. The first-order valence-electron chi connectivity index (χ1n) is 10.6. The van der Waals surface area contributed by atoms with Crippen molar-refractivity contribution in [3.05, 3.63) is 30.1 Å². The monoisotopic (exact) mass is 388 g/mol. The molecule has 4 rings (SSSR count). The van der Waals surface area contributed by atoms with Crippen LogP contribution in [0, 0.1) is 0 Å². The third kappa shape index (κ3) is 4.89. The maximum Gasteiger partial charge on any atom is 0.237 e. The number of carbonyl (C=O) groups excluding carboxylic acids is 1. The van der Waals surface area contributed by atoms with Crippen LogP contribution in [0.3, 0.4) is 0 Å². The normalized spacial score (nSPS) is 27.6. The van der Waals surface area contributed by atoms with E-state index in [-0.39, 0.29) is 18.1 Å². The van der Waals surface area contributed by atoms with Crippen molar-refractivity contribution >= 4 is 5.91 Å². The fourth-order valence-corrected chi connectivity index (χ4v) is 4.55. The van der Waals surface area contributed by atoms with Gasteiger partial charge >= 0.3 is 0 Å². The lowest BCUT2D eigenvalue weighted by Crippen LogP contribution is -2.55. The SMILES string of the molecule is O=C(CN1CCCCC1)N1CCO[C@@H](CN2CCOCC2)[C@@H]1c1cccnc1. The summed E-state index contributed by atoms with van der Waals surface area (Å²) in [5.41, 5.74) is 1.06. The maximum atomic E-state index is 13.3. The van der Waals surface area contributed by atoms with Gasteiger partial charge in [-0.25, -0.2) is 0 Å². The van der Waals surface area contributed by atoms with Gasteiger partial charge in [0.2, 0.25) is 5.91 Å². The second-order valence-electron chi connectivity index (χ2n) is 7.98. The Morgan fingerprint density at radius 2 is 1.86 bits per heavy atom. The molecule has 3 saturated heterocycles. The van der Waals surface area contributed by atoms with E-state index in [9.17, 15) is 4.79 Å². The third-order valence-corrected chi connectivity index (χ3v) is 6.05. The van der Waals surface area contributed by atoms with Gasteiger partial charge in [-0.2, -0.15) is 0 Å². The highest BCUT2D eigenvalue weighted by atomic mass is 16.5. The zero-order valence-corrected chi connectivity index (χ0v) is 16.7. The molecule has 3 fully saturated rings. The van der Waals surface area contributed by atoms with Crippen LogP contribution in [-0.2, 0) is 14.3 Å². The first kappa shape index (κ1) is 19.8. The molecule has 7 heteroatoms. The number of pyridine rings is 1. The molecule has 3 aliphatic rings. The second kappa shape index (κ2) is 9.78. The fraction of sp³-hybridized carbons (Fsp3) is 0.714. The van der Waals surface area contributed by atoms with Crippen LogP contribution >= 0.6 is 0 Å². The maximum absolute atomic E-state index is 13.3. The number of likely N-dealkylation sites (tertiary alicyclic amines) is 1. The topological polar surface area (TPSA) is 58.1 Å². The van der Waals surface area contributed by atoms with Crippen molar-refractivity contribution in [2.75, 3.05) is 65.6 Å². The first-order chi connectivity index (χ1) is 13.8. The van der Waals surface area contributed by atoms with Crippen LogP contribution in [0.25, 0.3) is 0 Å². The highest BCUT2D eigenvalue weighted by Gasteiger charge is 2.38. The third-order valence-electron chi connectivity index (χ3n) is 6.05. The summed E-state index contributed by atoms with van der Waals surface area (Å²) in [6.07, 6.45) is 7.30. The predicted octanol–water partition coefficient (Wildman–Crippen LogP) is 1.17. The lowest BCUT2D eigenvalue weighted by molar-refractivity contribution is -0.150. The van der Waals surface area contributed by atoms with Gasteiger partial charge in [0.15, 0.2) is 0 Å². The minimum absolute atomic E-state index is 0.0404. The van der Waals surface area contributed by atoms with Crippen molar-refractivity contribution in [1.29, 1.82) is 0 Å². The molecule has 154 valence electrons. The molecule has 1 aromatic heterocycles. The zero-order chi connectivity index (χ0) is 19.2. The Morgan fingerprint density at radius 3 is 2.61 bits per heavy atom. The number of nitrogens with zero attached hydrogens (tertiary/aromatic N) is 4. The van der Waals surface area contributed by atoms with Gasteiger partial charge in [0, 0.05) is 38.6 Å². The minimum atomic E-state index is -0.0809. The smallest absolute Gasteiger partial charge is 0.237 e. The number of morpholine rings is 2. The van der Waals surface area contributed by atoms with E-state index in [2.05, 4.69) is 20.9 Å². The van der Waals surface area contributed by atoms with Gasteiger partial charge in [-0.3, -0.25) is 19.6 Å². The van der Waals surface area contributed by atoms with E-state index < -0.39 is 0 Å². The van der Waals surface area contributed by atoms with Crippen LogP contribution in [0.5, 0.6) is 0 Å². The van der Waals surface area contributed by atoms with Gasteiger partial charge in [0.1, 0.15) is 0 Å². The molecule has 0 unspecified atom stereocenters. The van der Waals surface area contributed by atoms with E-state index in [1.54, 1.807) is 6.20 Å². The van der Waals surface area contributed by atoms with E-state index in [0.717, 1.165) is 51.5 Å². The Labute approximate surface area is 167 Å². The van der Waals surface area contributed by atoms with Gasteiger partial charge in [0.05, 0.1) is 38.5 Å². The Morgan fingerprint density at radius 1 is 1.04 bits per heavy atom. The van der Waals surface area contributed by atoms with Crippen LogP contribution in [0.15, 0.2) is 24.5 Å². The molecule has 2 atom stereocenters. The molecular weight excluding hydrogens is 356 g/mol. The Balaban J connectivity index is 1.50. The van der Waals surface area contributed by atoms with Gasteiger partial charge in [-0.1, -0.05) is 12.5 Å². The summed E-state index contributed by atoms with van der Waals surface area (Å²) in [4.78, 5) is 24.3. The molecule has 0 spiro atoms. The molecular formula is C21H32N4O3. The van der Waals surface area contributed by atoms with E-state index in [1.165, 1.54) is 19.3 Å². The van der Waals surface area contributed by atoms with Crippen molar-refractivity contribution < 1.29 is 14.3 Å². The lowest BCUT2D eigenvalue weighted by atomic mass is 9.98. The summed E-state index contributed by atoms with van der Waals surface area (Å²) in [6.45, 7) is 8.00. The van der Waals surface area contributed by atoms with Crippen molar-refractivity contribution in [2.45, 2.75) is 31.4 Å². The molecule has 3 aliphatic heterocycles. The molecule has 0 saturated carbocycles. The number of aromatic nitrogens is 1. The second-order valence-corrected chi connectivity index (χ2v) is 7.98. The molecule has 0 bridgehead atoms. The average molecular weight is 389 g/mol. The molecule has 0 aliphatic carbocycles. The largest absolute Gasteiger partial charge is 0.379 e. The van der Waals surface area contributed by atoms with Crippen LogP contribution in [0.1, 0.15) is 30.9 Å². The molecule has 28 heavy (non-hydrogen) atoms. The molecule has 1 aromatic rings. The Kier molecular flexibility index (Phi) is 6.90. The highest BCUT2D eigenvalue weighted by Crippen LogP contribution is 2.30. The van der Waals surface area contributed by atoms with E-state index in [1.807, 2.05) is 17.2 Å². The van der Waals surface area contributed by atoms with Crippen LogP contribution in [0.2, 0.25) is 0 Å². The summed E-state index contributed by atoms with van der Waals surface area (Å²) in [7, 11) is 0. The molecule has 0 N–H and O–H groups in total. The van der Waals surface area contributed by atoms with Crippen LogP contribution in [0.4, 0.5) is 0 Å². The van der Waals surface area contributed by atoms with E-state index >= 15 is 0 Å². The predicted molar refractivity (Wildman–Crippen MR) is 106 cm³/mol. The number of hydrogen-bond donors (Lipinski definition) is 0. The molecule has 4 heterocycles. The summed E-state index contributed by atoms with van der Waals surface area (Å²) in [5.74, 6) is 0.214. The van der Waals surface area contributed by atoms with Gasteiger partial charge in [-0.05, 0) is 37.6 Å². The Bertz CT molecular complexity index is 617. The molecule has 0 aromatic carbocycles. The first-order valence-corrected chi connectivity index (χ1v) is 10.6. The van der Waals surface area contributed by atoms with Gasteiger partial charge < -0.3 is 14.4 Å². The highest BCUT2D eigenvalue weighted by molar-refractivity contribution is 5.79. The van der Waals surface area contributed by atoms with Crippen LogP contribution < -0.4 is 0 Å². The van der Waals surface area contributed by atoms with Gasteiger partial charge in [-0.15, -0.1) is 0 Å². The summed E-state index contributed by atoms with van der Waals surface area (Å²) in [5, 5.41) is 0. The molecule has 0 radical (unpaired) electrons. The number of hydrogen-bond acceptors (Lipinski definition) is 6. The minimum Gasteiger partial charge on any atom is -0.379 e. The number of piperidine rings is 1. The number of ether oxygens (including phenoxy) is 2. The fourth-order valence-electron chi connectivity index (χ4n) is 4.55. The van der Waals surface area contributed by atoms with E-state index in [4.69, 9.17) is 9.47 Å². The standard InChI is InChI=1S/C21H32N4O3/c26-20(17-23-7-2-1-3-8-23)25-11-14-28-19(16-24-9-12-27-13-10-24)21(25)18-5-4-6-22-15-18/h4-6,15,19,21H,1-3,7-14,16-17H2/t19-,21-/m0/s1. The quantitative estimate of drug-likeness (QED) is 0.755.